The Bertz CT molecular complexity index is 290. The lowest BCUT2D eigenvalue weighted by atomic mass is 10.1. The first-order valence-corrected chi connectivity index (χ1v) is 4.84. The number of hydrogen-bond acceptors (Lipinski definition) is 3. The lowest BCUT2D eigenvalue weighted by molar-refractivity contribution is 0.573. The van der Waals surface area contributed by atoms with Crippen molar-refractivity contribution in [2.75, 3.05) is 23.7 Å². The van der Waals surface area contributed by atoms with Crippen LogP contribution in [-0.2, 0) is 0 Å². The van der Waals surface area contributed by atoms with Gasteiger partial charge in [-0.2, -0.15) is 0 Å². The summed E-state index contributed by atoms with van der Waals surface area (Å²) in [5, 5.41) is 0. The van der Waals surface area contributed by atoms with Crippen molar-refractivity contribution in [2.24, 2.45) is 0 Å². The van der Waals surface area contributed by atoms with Crippen molar-refractivity contribution >= 4 is 48.9 Å². The number of nitrogens with zero attached hydrogens (tertiary/aromatic N) is 2. The van der Waals surface area contributed by atoms with Crippen molar-refractivity contribution in [1.29, 1.82) is 0 Å². The van der Waals surface area contributed by atoms with E-state index in [0.29, 0.717) is 5.82 Å². The molecule has 1 aliphatic heterocycles. The normalized spacial score (nSPS) is 14.1. The second-order valence-electron chi connectivity index (χ2n) is 3.47. The van der Waals surface area contributed by atoms with Gasteiger partial charge in [0.25, 0.3) is 0 Å². The number of rotatable bonds is 1. The number of pyridine rings is 1. The number of halogens is 3. The maximum Gasteiger partial charge on any atom is 0.130 e. The predicted molar refractivity (Wildman–Crippen MR) is 76.5 cm³/mol. The monoisotopic (exact) mass is 285 g/mol. The van der Waals surface area contributed by atoms with Crippen molar-refractivity contribution in [1.82, 2.24) is 4.98 Å². The van der Waals surface area contributed by atoms with Gasteiger partial charge in [-0.15, -0.1) is 37.2 Å². The maximum absolute atomic E-state index is 5.63. The highest BCUT2D eigenvalue weighted by Crippen LogP contribution is 2.17. The Morgan fingerprint density at radius 2 is 1.62 bits per heavy atom. The summed E-state index contributed by atoms with van der Waals surface area (Å²) in [4.78, 5) is 6.61. The van der Waals surface area contributed by atoms with Crippen LogP contribution in [0.3, 0.4) is 0 Å². The van der Waals surface area contributed by atoms with Crippen molar-refractivity contribution in [3.8, 4) is 0 Å². The first-order chi connectivity index (χ1) is 6.36. The van der Waals surface area contributed by atoms with Crippen molar-refractivity contribution in [2.45, 2.75) is 19.3 Å². The van der Waals surface area contributed by atoms with Crippen molar-refractivity contribution in [3.63, 3.8) is 0 Å². The van der Waals surface area contributed by atoms with E-state index in [1.807, 2.05) is 18.2 Å². The van der Waals surface area contributed by atoms with Crippen LogP contribution < -0.4 is 10.6 Å². The molecular weight excluding hydrogens is 268 g/mol. The Labute approximate surface area is 115 Å². The number of nitrogens with two attached hydrogens (primary N) is 1. The Morgan fingerprint density at radius 1 is 1.00 bits per heavy atom. The molecule has 6 heteroatoms. The minimum absolute atomic E-state index is 0. The number of anilines is 2. The van der Waals surface area contributed by atoms with Crippen LogP contribution in [0.15, 0.2) is 18.2 Å². The molecule has 1 aromatic rings. The Hall–Kier alpha value is -0.380. The molecule has 0 saturated carbocycles. The quantitative estimate of drug-likeness (QED) is 0.863. The molecule has 2 N–H and O–H groups in total. The van der Waals surface area contributed by atoms with Gasteiger partial charge in [-0.05, 0) is 31.4 Å². The Balaban J connectivity index is 0. The molecule has 0 unspecified atom stereocenters. The molecule has 1 aromatic heterocycles. The molecule has 0 aromatic carbocycles. The number of aromatic nitrogens is 1. The van der Waals surface area contributed by atoms with Gasteiger partial charge in [-0.25, -0.2) is 4.98 Å². The van der Waals surface area contributed by atoms with Crippen LogP contribution in [0.1, 0.15) is 19.3 Å². The SMILES string of the molecule is Cl.Cl.Cl.Nc1cccc(N2CCCCC2)n1. The summed E-state index contributed by atoms with van der Waals surface area (Å²) in [5.74, 6) is 1.64. The number of piperidine rings is 1. The van der Waals surface area contributed by atoms with Gasteiger partial charge < -0.3 is 10.6 Å². The van der Waals surface area contributed by atoms with E-state index < -0.39 is 0 Å². The van der Waals surface area contributed by atoms with E-state index in [-0.39, 0.29) is 37.2 Å². The molecule has 0 spiro atoms. The molecule has 3 nitrogen and oxygen atoms in total. The molecule has 1 saturated heterocycles. The molecule has 94 valence electrons. The summed E-state index contributed by atoms with van der Waals surface area (Å²) in [6.45, 7) is 2.24. The van der Waals surface area contributed by atoms with Crippen LogP contribution in [-0.4, -0.2) is 18.1 Å². The van der Waals surface area contributed by atoms with Crippen LogP contribution in [0, 0.1) is 0 Å². The van der Waals surface area contributed by atoms with E-state index in [4.69, 9.17) is 5.73 Å². The molecule has 16 heavy (non-hydrogen) atoms. The van der Waals surface area contributed by atoms with E-state index >= 15 is 0 Å². The summed E-state index contributed by atoms with van der Waals surface area (Å²) in [6.07, 6.45) is 3.89. The zero-order valence-electron chi connectivity index (χ0n) is 8.96. The lowest BCUT2D eigenvalue weighted by Gasteiger charge is -2.27. The summed E-state index contributed by atoms with van der Waals surface area (Å²) >= 11 is 0. The molecular formula is C10H18Cl3N3. The third-order valence-corrected chi connectivity index (χ3v) is 2.44. The molecule has 1 aliphatic rings. The standard InChI is InChI=1S/C10H15N3.3ClH/c11-9-5-4-6-10(12-9)13-7-2-1-3-8-13;;;/h4-6H,1-3,7-8H2,(H2,11,12);3*1H. The first kappa shape index (κ1) is 18.0. The van der Waals surface area contributed by atoms with E-state index in [2.05, 4.69) is 9.88 Å². The van der Waals surface area contributed by atoms with Gasteiger partial charge in [0.15, 0.2) is 0 Å². The molecule has 0 radical (unpaired) electrons. The van der Waals surface area contributed by atoms with E-state index in [9.17, 15) is 0 Å². The van der Waals surface area contributed by atoms with Gasteiger partial charge in [-0.1, -0.05) is 6.07 Å². The van der Waals surface area contributed by atoms with Gasteiger partial charge in [-0.3, -0.25) is 0 Å². The zero-order valence-corrected chi connectivity index (χ0v) is 11.4. The second kappa shape index (κ2) is 8.74. The van der Waals surface area contributed by atoms with Gasteiger partial charge in [0.2, 0.25) is 0 Å². The Kier molecular flexibility index (Phi) is 9.83. The van der Waals surface area contributed by atoms with E-state index in [1.165, 1.54) is 19.3 Å². The van der Waals surface area contributed by atoms with Gasteiger partial charge >= 0.3 is 0 Å². The fourth-order valence-corrected chi connectivity index (χ4v) is 1.74. The summed E-state index contributed by atoms with van der Waals surface area (Å²) in [7, 11) is 0. The smallest absolute Gasteiger partial charge is 0.130 e. The zero-order chi connectivity index (χ0) is 9.10. The van der Waals surface area contributed by atoms with E-state index in [1.54, 1.807) is 0 Å². The highest BCUT2D eigenvalue weighted by Gasteiger charge is 2.11. The van der Waals surface area contributed by atoms with E-state index in [0.717, 1.165) is 18.9 Å². The largest absolute Gasteiger partial charge is 0.384 e. The van der Waals surface area contributed by atoms with Gasteiger partial charge in [0.05, 0.1) is 0 Å². The minimum Gasteiger partial charge on any atom is -0.384 e. The summed E-state index contributed by atoms with van der Waals surface area (Å²) in [5.41, 5.74) is 5.63. The topological polar surface area (TPSA) is 42.1 Å². The average molecular weight is 287 g/mol. The number of hydrogen-bond donors (Lipinski definition) is 1. The molecule has 2 rings (SSSR count). The van der Waals surface area contributed by atoms with Crippen LogP contribution >= 0.6 is 37.2 Å². The fraction of sp³-hybridized carbons (Fsp3) is 0.500. The van der Waals surface area contributed by atoms with Gasteiger partial charge in [0.1, 0.15) is 11.6 Å². The highest BCUT2D eigenvalue weighted by atomic mass is 35.5. The summed E-state index contributed by atoms with van der Waals surface area (Å²) in [6, 6.07) is 5.82. The molecule has 2 heterocycles. The highest BCUT2D eigenvalue weighted by molar-refractivity contribution is 5.86. The lowest BCUT2D eigenvalue weighted by Crippen LogP contribution is -2.30. The van der Waals surface area contributed by atoms with Crippen molar-refractivity contribution in [3.05, 3.63) is 18.2 Å². The molecule has 0 aliphatic carbocycles. The van der Waals surface area contributed by atoms with Gasteiger partial charge in [0, 0.05) is 13.1 Å². The molecule has 0 atom stereocenters. The predicted octanol–water partition coefficient (Wildman–Crippen LogP) is 2.92. The van der Waals surface area contributed by atoms with Crippen LogP contribution in [0.2, 0.25) is 0 Å². The average Bonchev–Trinajstić information content (AvgIpc) is 2.19. The Morgan fingerprint density at radius 3 is 2.19 bits per heavy atom. The van der Waals surface area contributed by atoms with Crippen LogP contribution in [0.5, 0.6) is 0 Å². The van der Waals surface area contributed by atoms with Crippen LogP contribution in [0.4, 0.5) is 11.6 Å². The van der Waals surface area contributed by atoms with Crippen LogP contribution in [0.25, 0.3) is 0 Å². The fourth-order valence-electron chi connectivity index (χ4n) is 1.74. The second-order valence-corrected chi connectivity index (χ2v) is 3.47. The molecule has 1 fully saturated rings. The van der Waals surface area contributed by atoms with Crippen molar-refractivity contribution < 1.29 is 0 Å². The minimum atomic E-state index is 0. The maximum atomic E-state index is 5.63. The molecule has 0 amide bonds. The molecule has 0 bridgehead atoms. The third kappa shape index (κ3) is 4.64. The third-order valence-electron chi connectivity index (χ3n) is 2.44. The first-order valence-electron chi connectivity index (χ1n) is 4.84. The summed E-state index contributed by atoms with van der Waals surface area (Å²) < 4.78 is 0. The number of nitrogen functional groups attached to an aromatic ring is 1.